The molecule has 0 unspecified atom stereocenters. The van der Waals surface area contributed by atoms with Crippen LogP contribution in [0.4, 0.5) is 4.79 Å². The minimum absolute atomic E-state index is 0.173. The minimum atomic E-state index is -0.934. The third-order valence-corrected chi connectivity index (χ3v) is 2.97. The standard InChI is InChI=1S/C15H23N3O3/c1-2-16-9-3-10-17-15(21)18-11-8-12-4-6-13(7-5-12)14(19)20/h4-7,16H,2-3,8-11H2,1H3,(H,19,20)(H2,17,18,21). The Bertz CT molecular complexity index is 446. The Morgan fingerprint density at radius 2 is 1.71 bits per heavy atom. The molecule has 0 fully saturated rings. The molecule has 6 nitrogen and oxygen atoms in total. The van der Waals surface area contributed by atoms with Crippen molar-refractivity contribution in [2.24, 2.45) is 0 Å². The molecular weight excluding hydrogens is 270 g/mol. The maximum absolute atomic E-state index is 11.5. The molecular formula is C15H23N3O3. The summed E-state index contributed by atoms with van der Waals surface area (Å²) in [6.07, 6.45) is 1.57. The third kappa shape index (κ3) is 7.31. The van der Waals surface area contributed by atoms with Crippen LogP contribution >= 0.6 is 0 Å². The van der Waals surface area contributed by atoms with Gasteiger partial charge >= 0.3 is 12.0 Å². The number of carboxylic acid groups (broad SMARTS) is 1. The molecule has 0 atom stereocenters. The number of nitrogens with one attached hydrogen (secondary N) is 3. The van der Waals surface area contributed by atoms with Gasteiger partial charge in [0.05, 0.1) is 5.56 Å². The lowest BCUT2D eigenvalue weighted by molar-refractivity contribution is 0.0697. The number of hydrogen-bond acceptors (Lipinski definition) is 3. The first kappa shape index (κ1) is 17.0. The van der Waals surface area contributed by atoms with Gasteiger partial charge in [-0.15, -0.1) is 0 Å². The van der Waals surface area contributed by atoms with Crippen molar-refractivity contribution in [2.45, 2.75) is 19.8 Å². The lowest BCUT2D eigenvalue weighted by Crippen LogP contribution is -2.37. The van der Waals surface area contributed by atoms with E-state index >= 15 is 0 Å². The number of hydrogen-bond donors (Lipinski definition) is 4. The van der Waals surface area contributed by atoms with E-state index in [4.69, 9.17) is 5.11 Å². The fourth-order valence-electron chi connectivity index (χ4n) is 1.79. The fraction of sp³-hybridized carbons (Fsp3) is 0.467. The Morgan fingerprint density at radius 1 is 1.05 bits per heavy atom. The van der Waals surface area contributed by atoms with Crippen LogP contribution in [0.2, 0.25) is 0 Å². The van der Waals surface area contributed by atoms with E-state index in [0.29, 0.717) is 19.5 Å². The fourth-order valence-corrected chi connectivity index (χ4v) is 1.79. The summed E-state index contributed by atoms with van der Waals surface area (Å²) in [5.41, 5.74) is 1.26. The topological polar surface area (TPSA) is 90.5 Å². The number of carbonyl (C=O) groups excluding carboxylic acids is 1. The molecule has 1 aromatic carbocycles. The molecule has 1 aromatic rings. The molecule has 0 radical (unpaired) electrons. The summed E-state index contributed by atoms with van der Waals surface area (Å²) < 4.78 is 0. The van der Waals surface area contributed by atoms with Crippen LogP contribution in [-0.4, -0.2) is 43.3 Å². The van der Waals surface area contributed by atoms with Crippen LogP contribution in [0.3, 0.4) is 0 Å². The van der Waals surface area contributed by atoms with Crippen LogP contribution in [0.5, 0.6) is 0 Å². The largest absolute Gasteiger partial charge is 0.478 e. The molecule has 0 spiro atoms. The molecule has 116 valence electrons. The summed E-state index contributed by atoms with van der Waals surface area (Å²) >= 11 is 0. The SMILES string of the molecule is CCNCCCNC(=O)NCCc1ccc(C(=O)O)cc1. The molecule has 0 bridgehead atoms. The Balaban J connectivity index is 2.15. The number of aromatic carboxylic acids is 1. The molecule has 6 heteroatoms. The molecule has 0 aromatic heterocycles. The number of carbonyl (C=O) groups is 2. The van der Waals surface area contributed by atoms with Crippen molar-refractivity contribution in [3.05, 3.63) is 35.4 Å². The van der Waals surface area contributed by atoms with Crippen molar-refractivity contribution in [3.8, 4) is 0 Å². The predicted molar refractivity (Wildman–Crippen MR) is 81.7 cm³/mol. The molecule has 1 rings (SSSR count). The zero-order valence-electron chi connectivity index (χ0n) is 12.3. The molecule has 0 saturated carbocycles. The average molecular weight is 293 g/mol. The number of amides is 2. The van der Waals surface area contributed by atoms with Gasteiger partial charge in [0.25, 0.3) is 0 Å². The molecule has 0 saturated heterocycles. The first-order valence-electron chi connectivity index (χ1n) is 7.18. The highest BCUT2D eigenvalue weighted by Gasteiger charge is 2.02. The number of rotatable bonds is 9. The summed E-state index contributed by atoms with van der Waals surface area (Å²) in [5, 5.41) is 17.5. The van der Waals surface area contributed by atoms with E-state index < -0.39 is 5.97 Å². The van der Waals surface area contributed by atoms with Gasteiger partial charge in [-0.2, -0.15) is 0 Å². The Morgan fingerprint density at radius 3 is 2.33 bits per heavy atom. The second-order valence-corrected chi connectivity index (χ2v) is 4.64. The van der Waals surface area contributed by atoms with Crippen molar-refractivity contribution < 1.29 is 14.7 Å². The Labute approximate surface area is 124 Å². The maximum atomic E-state index is 11.5. The summed E-state index contributed by atoms with van der Waals surface area (Å²) in [4.78, 5) is 22.2. The van der Waals surface area contributed by atoms with Crippen molar-refractivity contribution in [1.82, 2.24) is 16.0 Å². The van der Waals surface area contributed by atoms with Gasteiger partial charge in [-0.1, -0.05) is 19.1 Å². The Hall–Kier alpha value is -2.08. The zero-order valence-corrected chi connectivity index (χ0v) is 12.3. The predicted octanol–water partition coefficient (Wildman–Crippen LogP) is 1.23. The van der Waals surface area contributed by atoms with Crippen LogP contribution in [0, 0.1) is 0 Å². The molecule has 4 N–H and O–H groups in total. The van der Waals surface area contributed by atoms with E-state index in [1.807, 2.05) is 6.92 Å². The molecule has 21 heavy (non-hydrogen) atoms. The smallest absolute Gasteiger partial charge is 0.335 e. The van der Waals surface area contributed by atoms with Gasteiger partial charge < -0.3 is 21.1 Å². The second-order valence-electron chi connectivity index (χ2n) is 4.64. The van der Waals surface area contributed by atoms with Crippen LogP contribution < -0.4 is 16.0 Å². The summed E-state index contributed by atoms with van der Waals surface area (Å²) in [6.45, 7) is 5.04. The van der Waals surface area contributed by atoms with Crippen molar-refractivity contribution in [3.63, 3.8) is 0 Å². The number of urea groups is 1. The molecule has 0 aliphatic rings. The van der Waals surface area contributed by atoms with Gasteiger partial charge in [-0.25, -0.2) is 9.59 Å². The van der Waals surface area contributed by atoms with E-state index in [-0.39, 0.29) is 11.6 Å². The Kier molecular flexibility index (Phi) is 7.89. The van der Waals surface area contributed by atoms with Gasteiger partial charge in [0.1, 0.15) is 0 Å². The summed E-state index contributed by atoms with van der Waals surface area (Å²) in [6, 6.07) is 6.49. The van der Waals surface area contributed by atoms with Crippen molar-refractivity contribution in [1.29, 1.82) is 0 Å². The van der Waals surface area contributed by atoms with E-state index in [1.54, 1.807) is 24.3 Å². The summed E-state index contributed by atoms with van der Waals surface area (Å²) in [5.74, 6) is -0.934. The highest BCUT2D eigenvalue weighted by molar-refractivity contribution is 5.87. The molecule has 0 aliphatic carbocycles. The van der Waals surface area contributed by atoms with Crippen molar-refractivity contribution in [2.75, 3.05) is 26.2 Å². The molecule has 0 heterocycles. The number of carboxylic acids is 1. The quantitative estimate of drug-likeness (QED) is 0.515. The second kappa shape index (κ2) is 9.77. The van der Waals surface area contributed by atoms with Gasteiger partial charge in [0.15, 0.2) is 0 Å². The van der Waals surface area contributed by atoms with Crippen LogP contribution in [0.25, 0.3) is 0 Å². The van der Waals surface area contributed by atoms with Crippen LogP contribution in [0.15, 0.2) is 24.3 Å². The van der Waals surface area contributed by atoms with E-state index in [1.165, 1.54) is 0 Å². The average Bonchev–Trinajstić information content (AvgIpc) is 2.47. The van der Waals surface area contributed by atoms with Gasteiger partial charge in [-0.05, 0) is 43.6 Å². The monoisotopic (exact) mass is 293 g/mol. The normalized spacial score (nSPS) is 10.1. The highest BCUT2D eigenvalue weighted by atomic mass is 16.4. The molecule has 2 amide bonds. The van der Waals surface area contributed by atoms with E-state index in [2.05, 4.69) is 16.0 Å². The molecule has 0 aliphatic heterocycles. The lowest BCUT2D eigenvalue weighted by atomic mass is 10.1. The van der Waals surface area contributed by atoms with Crippen molar-refractivity contribution >= 4 is 12.0 Å². The first-order chi connectivity index (χ1) is 10.1. The number of benzene rings is 1. The first-order valence-corrected chi connectivity index (χ1v) is 7.18. The van der Waals surface area contributed by atoms with E-state index in [9.17, 15) is 9.59 Å². The van der Waals surface area contributed by atoms with Gasteiger partial charge in [0, 0.05) is 13.1 Å². The zero-order chi connectivity index (χ0) is 15.5. The third-order valence-electron chi connectivity index (χ3n) is 2.97. The summed E-state index contributed by atoms with van der Waals surface area (Å²) in [7, 11) is 0. The van der Waals surface area contributed by atoms with E-state index in [0.717, 1.165) is 25.1 Å². The van der Waals surface area contributed by atoms with Crippen LogP contribution in [0.1, 0.15) is 29.3 Å². The maximum Gasteiger partial charge on any atom is 0.335 e. The minimum Gasteiger partial charge on any atom is -0.478 e. The van der Waals surface area contributed by atoms with Gasteiger partial charge in [-0.3, -0.25) is 0 Å². The highest BCUT2D eigenvalue weighted by Crippen LogP contribution is 2.04. The van der Waals surface area contributed by atoms with Gasteiger partial charge in [0.2, 0.25) is 0 Å². The van der Waals surface area contributed by atoms with Crippen LogP contribution in [-0.2, 0) is 6.42 Å². The lowest BCUT2D eigenvalue weighted by Gasteiger charge is -2.08.